The molecule has 1 rings (SSSR count). The zero-order chi connectivity index (χ0) is 15.1. The van der Waals surface area contributed by atoms with E-state index in [0.717, 1.165) is 0 Å². The summed E-state index contributed by atoms with van der Waals surface area (Å²) >= 11 is 5.80. The molecule has 5 heteroatoms. The van der Waals surface area contributed by atoms with E-state index in [1.807, 2.05) is 6.92 Å². The van der Waals surface area contributed by atoms with Gasteiger partial charge in [0.1, 0.15) is 11.9 Å². The molecule has 0 aliphatic carbocycles. The van der Waals surface area contributed by atoms with Crippen LogP contribution in [0.15, 0.2) is 36.4 Å². The van der Waals surface area contributed by atoms with Gasteiger partial charge in [0.25, 0.3) is 0 Å². The molecule has 0 saturated carbocycles. The van der Waals surface area contributed by atoms with Gasteiger partial charge in [-0.1, -0.05) is 25.1 Å². The number of esters is 1. The fourth-order valence-electron chi connectivity index (χ4n) is 1.66. The van der Waals surface area contributed by atoms with Crippen molar-refractivity contribution in [1.29, 1.82) is 0 Å². The number of aliphatic hydroxyl groups is 1. The molecule has 110 valence electrons. The van der Waals surface area contributed by atoms with Gasteiger partial charge in [0.15, 0.2) is 0 Å². The largest absolute Gasteiger partial charge is 0.490 e. The van der Waals surface area contributed by atoms with Gasteiger partial charge in [-0.2, -0.15) is 0 Å². The van der Waals surface area contributed by atoms with Crippen LogP contribution in [0.2, 0.25) is 5.02 Å². The molecule has 0 aliphatic rings. The minimum Gasteiger partial charge on any atom is -0.490 e. The van der Waals surface area contributed by atoms with E-state index >= 15 is 0 Å². The Morgan fingerprint density at radius 1 is 1.40 bits per heavy atom. The number of hydrogen-bond donors (Lipinski definition) is 1. The number of hydrogen-bond acceptors (Lipinski definition) is 4. The van der Waals surface area contributed by atoms with Crippen LogP contribution in [-0.4, -0.2) is 30.4 Å². The Morgan fingerprint density at radius 3 is 2.50 bits per heavy atom. The van der Waals surface area contributed by atoms with Crippen LogP contribution < -0.4 is 4.74 Å². The van der Waals surface area contributed by atoms with Crippen LogP contribution in [0, 0.1) is 0 Å². The van der Waals surface area contributed by atoms with Crippen molar-refractivity contribution in [1.82, 2.24) is 0 Å². The molecule has 1 N–H and O–H groups in total. The summed E-state index contributed by atoms with van der Waals surface area (Å²) in [7, 11) is 1.25. The van der Waals surface area contributed by atoms with E-state index in [1.165, 1.54) is 7.11 Å². The Kier molecular flexibility index (Phi) is 6.55. The maximum Gasteiger partial charge on any atom is 0.335 e. The van der Waals surface area contributed by atoms with Crippen LogP contribution >= 0.6 is 11.6 Å². The summed E-state index contributed by atoms with van der Waals surface area (Å²) in [4.78, 5) is 11.3. The molecule has 1 aromatic rings. The van der Waals surface area contributed by atoms with Crippen LogP contribution in [0.5, 0.6) is 5.75 Å². The second-order valence-corrected chi connectivity index (χ2v) is 4.81. The molecule has 0 heterocycles. The third-order valence-electron chi connectivity index (χ3n) is 2.91. The molecule has 0 aromatic heterocycles. The Labute approximate surface area is 124 Å². The zero-order valence-corrected chi connectivity index (χ0v) is 12.4. The predicted octanol–water partition coefficient (Wildman–Crippen LogP) is 2.98. The van der Waals surface area contributed by atoms with Gasteiger partial charge >= 0.3 is 5.97 Å². The van der Waals surface area contributed by atoms with Crippen LogP contribution in [0.3, 0.4) is 0 Å². The Balaban J connectivity index is 2.60. The molecule has 0 aliphatic heterocycles. The van der Waals surface area contributed by atoms with Gasteiger partial charge in [-0.15, -0.1) is 0 Å². The van der Waals surface area contributed by atoms with Crippen molar-refractivity contribution in [2.24, 2.45) is 0 Å². The molecule has 2 atom stereocenters. The minimum absolute atomic E-state index is 0.0330. The molecule has 0 radical (unpaired) electrons. The van der Waals surface area contributed by atoms with Gasteiger partial charge in [0, 0.05) is 11.4 Å². The maximum absolute atomic E-state index is 11.3. The fourth-order valence-corrected chi connectivity index (χ4v) is 1.79. The van der Waals surface area contributed by atoms with E-state index in [2.05, 4.69) is 11.3 Å². The first-order valence-corrected chi connectivity index (χ1v) is 6.73. The highest BCUT2D eigenvalue weighted by atomic mass is 35.5. The number of benzene rings is 1. The second kappa shape index (κ2) is 7.92. The Hall–Kier alpha value is -1.52. The predicted molar refractivity (Wildman–Crippen MR) is 77.9 cm³/mol. The quantitative estimate of drug-likeness (QED) is 0.621. The van der Waals surface area contributed by atoms with Crippen LogP contribution in [0.1, 0.15) is 19.8 Å². The molecular formula is C15H19ClO4. The van der Waals surface area contributed by atoms with E-state index in [0.29, 0.717) is 17.2 Å². The standard InChI is InChI=1S/C15H19ClO4/c1-4-12(9-14(17)10(2)15(18)19-3)20-13-7-5-11(16)6-8-13/h5-8,12,14,17H,2,4,9H2,1,3H3. The van der Waals surface area contributed by atoms with E-state index in [-0.39, 0.29) is 18.1 Å². The van der Waals surface area contributed by atoms with Crippen molar-refractivity contribution in [2.75, 3.05) is 7.11 Å². The second-order valence-electron chi connectivity index (χ2n) is 4.37. The maximum atomic E-state index is 11.3. The van der Waals surface area contributed by atoms with Crippen molar-refractivity contribution in [3.8, 4) is 5.75 Å². The van der Waals surface area contributed by atoms with Crippen LogP contribution in [0.25, 0.3) is 0 Å². The highest BCUT2D eigenvalue weighted by Gasteiger charge is 2.21. The highest BCUT2D eigenvalue weighted by Crippen LogP contribution is 2.20. The first-order chi connectivity index (χ1) is 9.47. The van der Waals surface area contributed by atoms with Gasteiger partial charge < -0.3 is 14.6 Å². The molecule has 4 nitrogen and oxygen atoms in total. The third-order valence-corrected chi connectivity index (χ3v) is 3.16. The molecule has 0 spiro atoms. The summed E-state index contributed by atoms with van der Waals surface area (Å²) in [6.07, 6.45) is -0.256. The summed E-state index contributed by atoms with van der Waals surface area (Å²) in [5, 5.41) is 10.6. The average molecular weight is 299 g/mol. The average Bonchev–Trinajstić information content (AvgIpc) is 2.46. The van der Waals surface area contributed by atoms with Gasteiger partial charge in [-0.3, -0.25) is 0 Å². The number of halogens is 1. The van der Waals surface area contributed by atoms with Gasteiger partial charge in [0.2, 0.25) is 0 Å². The Bertz CT molecular complexity index is 455. The lowest BCUT2D eigenvalue weighted by Gasteiger charge is -2.21. The van der Waals surface area contributed by atoms with Crippen LogP contribution in [-0.2, 0) is 9.53 Å². The molecule has 1 aromatic carbocycles. The van der Waals surface area contributed by atoms with Crippen molar-refractivity contribution in [2.45, 2.75) is 32.0 Å². The summed E-state index contributed by atoms with van der Waals surface area (Å²) in [6, 6.07) is 6.97. The smallest absolute Gasteiger partial charge is 0.335 e. The van der Waals surface area contributed by atoms with Gasteiger partial charge in [-0.25, -0.2) is 4.79 Å². The fraction of sp³-hybridized carbons (Fsp3) is 0.400. The number of methoxy groups -OCH3 is 1. The third kappa shape index (κ3) is 4.87. The highest BCUT2D eigenvalue weighted by molar-refractivity contribution is 6.30. The lowest BCUT2D eigenvalue weighted by molar-refractivity contribution is -0.137. The number of ether oxygens (including phenoxy) is 2. The normalized spacial score (nSPS) is 13.4. The molecule has 20 heavy (non-hydrogen) atoms. The lowest BCUT2D eigenvalue weighted by atomic mass is 10.0. The monoisotopic (exact) mass is 298 g/mol. The van der Waals surface area contributed by atoms with Crippen molar-refractivity contribution >= 4 is 17.6 Å². The van der Waals surface area contributed by atoms with Gasteiger partial charge in [-0.05, 0) is 30.7 Å². The van der Waals surface area contributed by atoms with Crippen molar-refractivity contribution in [3.63, 3.8) is 0 Å². The number of rotatable bonds is 7. The van der Waals surface area contributed by atoms with E-state index < -0.39 is 12.1 Å². The lowest BCUT2D eigenvalue weighted by Crippen LogP contribution is -2.27. The number of aliphatic hydroxyl groups excluding tert-OH is 1. The summed E-state index contributed by atoms with van der Waals surface area (Å²) in [5.41, 5.74) is 0.0330. The SMILES string of the molecule is C=C(C(=O)OC)C(O)CC(CC)Oc1ccc(Cl)cc1. The van der Waals surface area contributed by atoms with E-state index in [4.69, 9.17) is 16.3 Å². The molecule has 2 unspecified atom stereocenters. The van der Waals surface area contributed by atoms with E-state index in [1.54, 1.807) is 24.3 Å². The van der Waals surface area contributed by atoms with E-state index in [9.17, 15) is 9.90 Å². The zero-order valence-electron chi connectivity index (χ0n) is 11.6. The van der Waals surface area contributed by atoms with Crippen LogP contribution in [0.4, 0.5) is 0 Å². The van der Waals surface area contributed by atoms with Crippen molar-refractivity contribution in [3.05, 3.63) is 41.4 Å². The molecule has 0 bridgehead atoms. The molecule has 0 saturated heterocycles. The Morgan fingerprint density at radius 2 is 2.00 bits per heavy atom. The number of carbonyl (C=O) groups is 1. The van der Waals surface area contributed by atoms with Crippen molar-refractivity contribution < 1.29 is 19.4 Å². The minimum atomic E-state index is -0.986. The first kappa shape index (κ1) is 16.5. The molecule has 0 fully saturated rings. The topological polar surface area (TPSA) is 55.8 Å². The molecule has 0 amide bonds. The summed E-state index contributed by atoms with van der Waals surface area (Å²) < 4.78 is 10.3. The summed E-state index contributed by atoms with van der Waals surface area (Å²) in [6.45, 7) is 5.47. The summed E-state index contributed by atoms with van der Waals surface area (Å²) in [5.74, 6) is 0.0518. The van der Waals surface area contributed by atoms with Gasteiger partial charge in [0.05, 0.1) is 18.8 Å². The number of carbonyl (C=O) groups excluding carboxylic acids is 1. The molecular weight excluding hydrogens is 280 g/mol. The first-order valence-electron chi connectivity index (χ1n) is 6.35.